The van der Waals surface area contributed by atoms with Crippen molar-refractivity contribution < 1.29 is 24.2 Å². The van der Waals surface area contributed by atoms with Crippen LogP contribution < -0.4 is 0 Å². The lowest BCUT2D eigenvalue weighted by molar-refractivity contribution is -0.145. The molecule has 0 aliphatic rings. The second kappa shape index (κ2) is 5.31. The Bertz CT molecular complexity index is 221. The smallest absolute Gasteiger partial charge is 0.335 e. The van der Waals surface area contributed by atoms with Crippen molar-refractivity contribution in [1.29, 1.82) is 0 Å². The first-order valence-electron chi connectivity index (χ1n) is 3.57. The zero-order chi connectivity index (χ0) is 10.4. The Kier molecular flexibility index (Phi) is 4.76. The van der Waals surface area contributed by atoms with Crippen LogP contribution in [0, 0.1) is 0 Å². The van der Waals surface area contributed by atoms with E-state index in [1.54, 1.807) is 0 Å². The van der Waals surface area contributed by atoms with Crippen LogP contribution in [0.3, 0.4) is 0 Å². The van der Waals surface area contributed by atoms with Gasteiger partial charge < -0.3 is 14.6 Å². The first-order chi connectivity index (χ1) is 5.99. The fourth-order valence-electron chi connectivity index (χ4n) is 0.564. The summed E-state index contributed by atoms with van der Waals surface area (Å²) < 4.78 is 8.76. The van der Waals surface area contributed by atoms with E-state index in [9.17, 15) is 14.7 Å². The van der Waals surface area contributed by atoms with Gasteiger partial charge in [-0.15, -0.1) is 0 Å². The zero-order valence-corrected chi connectivity index (χ0v) is 7.57. The summed E-state index contributed by atoms with van der Waals surface area (Å²) in [7, 11) is 1.17. The lowest BCUT2D eigenvalue weighted by Gasteiger charge is -2.10. The third-order valence-corrected chi connectivity index (χ3v) is 1.29. The molecule has 0 fully saturated rings. The average Bonchev–Trinajstić information content (AvgIpc) is 2.11. The van der Waals surface area contributed by atoms with E-state index in [0.29, 0.717) is 0 Å². The summed E-state index contributed by atoms with van der Waals surface area (Å²) in [5.41, 5.74) is -0.135. The van der Waals surface area contributed by atoms with Crippen LogP contribution in [-0.4, -0.2) is 36.9 Å². The van der Waals surface area contributed by atoms with Crippen LogP contribution in [0.5, 0.6) is 0 Å². The van der Waals surface area contributed by atoms with Gasteiger partial charge in [-0.05, 0) is 0 Å². The standard InChI is InChI=1S/C8H12O5/c1-5(8(11)12-3)7(10)4-13-6(2)9/h7,10H,1,4H2,2-3H3/t7-/m1/s1. The first kappa shape index (κ1) is 11.6. The molecule has 1 atom stereocenters. The molecule has 74 valence electrons. The topological polar surface area (TPSA) is 72.8 Å². The van der Waals surface area contributed by atoms with Crippen molar-refractivity contribution in [3.8, 4) is 0 Å². The van der Waals surface area contributed by atoms with Crippen LogP contribution in [0.25, 0.3) is 0 Å². The molecule has 0 aromatic carbocycles. The average molecular weight is 188 g/mol. The largest absolute Gasteiger partial charge is 0.466 e. The lowest BCUT2D eigenvalue weighted by Crippen LogP contribution is -2.24. The Morgan fingerprint density at radius 3 is 2.46 bits per heavy atom. The molecule has 0 saturated carbocycles. The molecule has 0 unspecified atom stereocenters. The molecule has 0 saturated heterocycles. The van der Waals surface area contributed by atoms with Crippen molar-refractivity contribution in [2.45, 2.75) is 13.0 Å². The maximum absolute atomic E-state index is 10.8. The molecule has 0 rings (SSSR count). The number of ether oxygens (including phenoxy) is 2. The molecule has 0 spiro atoms. The SMILES string of the molecule is C=C(C(=O)OC)[C@H](O)COC(C)=O. The van der Waals surface area contributed by atoms with Crippen molar-refractivity contribution in [2.75, 3.05) is 13.7 Å². The van der Waals surface area contributed by atoms with Gasteiger partial charge in [0, 0.05) is 6.92 Å². The summed E-state index contributed by atoms with van der Waals surface area (Å²) in [5, 5.41) is 9.19. The number of rotatable bonds is 4. The second-order valence-corrected chi connectivity index (χ2v) is 2.34. The fraction of sp³-hybridized carbons (Fsp3) is 0.500. The van der Waals surface area contributed by atoms with Crippen LogP contribution >= 0.6 is 0 Å². The molecule has 0 bridgehead atoms. The van der Waals surface area contributed by atoms with Gasteiger partial charge in [-0.25, -0.2) is 4.79 Å². The van der Waals surface area contributed by atoms with E-state index in [1.807, 2.05) is 0 Å². The quantitative estimate of drug-likeness (QED) is 0.481. The fourth-order valence-corrected chi connectivity index (χ4v) is 0.564. The Labute approximate surface area is 75.9 Å². The summed E-state index contributed by atoms with van der Waals surface area (Å²) in [4.78, 5) is 21.1. The Morgan fingerprint density at radius 1 is 1.54 bits per heavy atom. The third kappa shape index (κ3) is 4.27. The van der Waals surface area contributed by atoms with Crippen LogP contribution in [0.2, 0.25) is 0 Å². The number of aliphatic hydroxyl groups excluding tert-OH is 1. The molecule has 0 aliphatic carbocycles. The maximum Gasteiger partial charge on any atom is 0.335 e. The van der Waals surface area contributed by atoms with Crippen molar-refractivity contribution in [1.82, 2.24) is 0 Å². The van der Waals surface area contributed by atoms with Crippen LogP contribution in [0.4, 0.5) is 0 Å². The molecule has 0 aromatic rings. The molecule has 5 heteroatoms. The molecule has 1 N–H and O–H groups in total. The van der Waals surface area contributed by atoms with E-state index in [1.165, 1.54) is 14.0 Å². The Morgan fingerprint density at radius 2 is 2.08 bits per heavy atom. The normalized spacial score (nSPS) is 11.6. The van der Waals surface area contributed by atoms with E-state index in [0.717, 1.165) is 0 Å². The summed E-state index contributed by atoms with van der Waals surface area (Å²) >= 11 is 0. The van der Waals surface area contributed by atoms with Gasteiger partial charge in [0.1, 0.15) is 12.7 Å². The minimum atomic E-state index is -1.21. The van der Waals surface area contributed by atoms with Gasteiger partial charge in [0.15, 0.2) is 0 Å². The van der Waals surface area contributed by atoms with Crippen LogP contribution in [0.1, 0.15) is 6.92 Å². The predicted octanol–water partition coefficient (Wildman–Crippen LogP) is -0.360. The van der Waals surface area contributed by atoms with Gasteiger partial charge in [-0.1, -0.05) is 6.58 Å². The van der Waals surface area contributed by atoms with Gasteiger partial charge in [0.05, 0.1) is 12.7 Å². The van der Waals surface area contributed by atoms with Crippen molar-refractivity contribution in [2.24, 2.45) is 0 Å². The summed E-state index contributed by atoms with van der Waals surface area (Å²) in [6.45, 7) is 4.20. The van der Waals surface area contributed by atoms with Crippen LogP contribution in [0.15, 0.2) is 12.2 Å². The highest BCUT2D eigenvalue weighted by Crippen LogP contribution is 2.02. The van der Waals surface area contributed by atoms with E-state index < -0.39 is 18.0 Å². The number of hydrogen-bond acceptors (Lipinski definition) is 5. The zero-order valence-electron chi connectivity index (χ0n) is 7.57. The molecule has 0 heterocycles. The number of methoxy groups -OCH3 is 1. The van der Waals surface area contributed by atoms with Gasteiger partial charge in [0.25, 0.3) is 0 Å². The maximum atomic E-state index is 10.8. The number of carbonyl (C=O) groups excluding carboxylic acids is 2. The van der Waals surface area contributed by atoms with Crippen molar-refractivity contribution >= 4 is 11.9 Å². The molecule has 0 amide bonds. The van der Waals surface area contributed by atoms with Gasteiger partial charge in [-0.2, -0.15) is 0 Å². The number of carbonyl (C=O) groups is 2. The van der Waals surface area contributed by atoms with Gasteiger partial charge in [-0.3, -0.25) is 4.79 Å². The first-order valence-corrected chi connectivity index (χ1v) is 3.57. The monoisotopic (exact) mass is 188 g/mol. The number of aliphatic hydroxyl groups is 1. The van der Waals surface area contributed by atoms with E-state index in [-0.39, 0.29) is 12.2 Å². The van der Waals surface area contributed by atoms with E-state index >= 15 is 0 Å². The van der Waals surface area contributed by atoms with Crippen LogP contribution in [-0.2, 0) is 19.1 Å². The lowest BCUT2D eigenvalue weighted by atomic mass is 10.2. The highest BCUT2D eigenvalue weighted by atomic mass is 16.5. The summed E-state index contributed by atoms with van der Waals surface area (Å²) in [5.74, 6) is -1.25. The van der Waals surface area contributed by atoms with Crippen molar-refractivity contribution in [3.63, 3.8) is 0 Å². The molecular weight excluding hydrogens is 176 g/mol. The summed E-state index contributed by atoms with van der Waals surface area (Å²) in [6.07, 6.45) is -1.21. The highest BCUT2D eigenvalue weighted by Gasteiger charge is 2.17. The minimum Gasteiger partial charge on any atom is -0.466 e. The molecule has 0 aliphatic heterocycles. The van der Waals surface area contributed by atoms with Crippen molar-refractivity contribution in [3.05, 3.63) is 12.2 Å². The predicted molar refractivity (Wildman–Crippen MR) is 43.8 cm³/mol. The molecular formula is C8H12O5. The summed E-state index contributed by atoms with van der Waals surface area (Å²) in [6, 6.07) is 0. The Hall–Kier alpha value is -1.36. The van der Waals surface area contributed by atoms with E-state index in [2.05, 4.69) is 16.1 Å². The molecule has 5 nitrogen and oxygen atoms in total. The highest BCUT2D eigenvalue weighted by molar-refractivity contribution is 5.88. The molecule has 0 radical (unpaired) electrons. The number of hydrogen-bond donors (Lipinski definition) is 1. The second-order valence-electron chi connectivity index (χ2n) is 2.34. The number of esters is 2. The third-order valence-electron chi connectivity index (χ3n) is 1.29. The van der Waals surface area contributed by atoms with Gasteiger partial charge in [0.2, 0.25) is 0 Å². The molecule has 0 aromatic heterocycles. The van der Waals surface area contributed by atoms with Gasteiger partial charge >= 0.3 is 11.9 Å². The minimum absolute atomic E-state index is 0.135. The van der Waals surface area contributed by atoms with E-state index in [4.69, 9.17) is 0 Å². The molecule has 13 heavy (non-hydrogen) atoms. The Balaban J connectivity index is 3.96.